The van der Waals surface area contributed by atoms with E-state index >= 15 is 0 Å². The lowest BCUT2D eigenvalue weighted by Crippen LogP contribution is -2.40. The van der Waals surface area contributed by atoms with Gasteiger partial charge in [0.05, 0.1) is 0 Å². The van der Waals surface area contributed by atoms with Gasteiger partial charge in [-0.25, -0.2) is 0 Å². The summed E-state index contributed by atoms with van der Waals surface area (Å²) < 4.78 is 0. The van der Waals surface area contributed by atoms with Crippen molar-refractivity contribution in [1.82, 2.24) is 5.32 Å². The van der Waals surface area contributed by atoms with Crippen molar-refractivity contribution in [2.24, 2.45) is 5.41 Å². The van der Waals surface area contributed by atoms with Crippen LogP contribution in [0.15, 0.2) is 35.5 Å². The normalized spacial score (nSPS) is 21.7. The van der Waals surface area contributed by atoms with E-state index < -0.39 is 0 Å². The van der Waals surface area contributed by atoms with E-state index in [0.717, 1.165) is 42.0 Å². The van der Waals surface area contributed by atoms with Crippen molar-refractivity contribution >= 4 is 40.6 Å². The Morgan fingerprint density at radius 2 is 1.70 bits per heavy atom. The summed E-state index contributed by atoms with van der Waals surface area (Å²) in [5, 5.41) is 2.95. The van der Waals surface area contributed by atoms with Crippen molar-refractivity contribution in [1.29, 1.82) is 0 Å². The molecule has 1 aromatic carbocycles. The summed E-state index contributed by atoms with van der Waals surface area (Å²) in [5.41, 5.74) is 3.54. The highest BCUT2D eigenvalue weighted by atomic mass is 35.5. The molecule has 1 aromatic rings. The highest BCUT2D eigenvalue weighted by molar-refractivity contribution is 6.18. The number of alkyl halides is 2. The molecule has 1 N–H and O–H groups in total. The van der Waals surface area contributed by atoms with E-state index in [1.54, 1.807) is 0 Å². The van der Waals surface area contributed by atoms with E-state index in [-0.39, 0.29) is 23.0 Å². The van der Waals surface area contributed by atoms with Crippen molar-refractivity contribution in [3.05, 3.63) is 41.1 Å². The molecule has 0 aromatic heterocycles. The highest BCUT2D eigenvalue weighted by Gasteiger charge is 2.40. The molecule has 0 spiro atoms. The van der Waals surface area contributed by atoms with Crippen LogP contribution < -0.4 is 10.2 Å². The number of rotatable bonds is 6. The number of Topliss-reactive ketones (excluding diaryl/α,β-unsaturated/α-hetero) is 1. The molecule has 0 saturated carbocycles. The predicted octanol–water partition coefficient (Wildman–Crippen LogP) is 4.22. The zero-order valence-corrected chi connectivity index (χ0v) is 17.4. The summed E-state index contributed by atoms with van der Waals surface area (Å²) in [5.74, 6) is 1.03. The minimum Gasteiger partial charge on any atom is -0.369 e. The molecular weight excluding hydrogens is 383 g/mol. The van der Waals surface area contributed by atoms with Crippen molar-refractivity contribution in [2.45, 2.75) is 39.0 Å². The first-order chi connectivity index (χ1) is 12.8. The molecule has 2 aliphatic rings. The van der Waals surface area contributed by atoms with E-state index in [9.17, 15) is 9.59 Å². The standard InChI is InChI=1S/C21H26Cl2N2O2/c1-21(2)12-17-20(18(26)13-21)16(11-19(27)24-17)14-3-5-15(6-4-14)25(9-7-22)10-8-23/h3-6,16H,7-13H2,1-2H3,(H,24,27)/t16-/m1/s1. The molecule has 1 aliphatic heterocycles. The zero-order valence-electron chi connectivity index (χ0n) is 15.9. The van der Waals surface area contributed by atoms with E-state index in [1.807, 2.05) is 24.3 Å². The van der Waals surface area contributed by atoms with Crippen molar-refractivity contribution in [3.8, 4) is 0 Å². The van der Waals surface area contributed by atoms with E-state index in [1.165, 1.54) is 0 Å². The van der Waals surface area contributed by atoms with E-state index in [4.69, 9.17) is 23.2 Å². The number of ketones is 1. The third-order valence-electron chi connectivity index (χ3n) is 5.32. The van der Waals surface area contributed by atoms with Crippen LogP contribution in [0, 0.1) is 5.41 Å². The van der Waals surface area contributed by atoms with Crippen LogP contribution in [0.1, 0.15) is 44.6 Å². The second-order valence-electron chi connectivity index (χ2n) is 8.09. The van der Waals surface area contributed by atoms with Gasteiger partial charge < -0.3 is 10.2 Å². The molecule has 4 nitrogen and oxygen atoms in total. The smallest absolute Gasteiger partial charge is 0.225 e. The number of carbonyl (C=O) groups is 2. The molecule has 0 radical (unpaired) electrons. The Morgan fingerprint density at radius 3 is 2.30 bits per heavy atom. The van der Waals surface area contributed by atoms with Gasteiger partial charge in [0.1, 0.15) is 0 Å². The minimum absolute atomic E-state index is 0.0146. The Hall–Kier alpha value is -1.52. The van der Waals surface area contributed by atoms with Crippen LogP contribution in [0.3, 0.4) is 0 Å². The Labute approximate surface area is 170 Å². The van der Waals surface area contributed by atoms with Gasteiger partial charge in [0.15, 0.2) is 5.78 Å². The molecule has 1 heterocycles. The fraction of sp³-hybridized carbons (Fsp3) is 0.524. The summed E-state index contributed by atoms with van der Waals surface area (Å²) >= 11 is 11.8. The van der Waals surface area contributed by atoms with Crippen LogP contribution in [-0.4, -0.2) is 36.5 Å². The largest absolute Gasteiger partial charge is 0.369 e. The van der Waals surface area contributed by atoms with E-state index in [0.29, 0.717) is 24.6 Å². The lowest BCUT2D eigenvalue weighted by molar-refractivity contribution is -0.122. The Bertz CT molecular complexity index is 750. The molecule has 6 heteroatoms. The van der Waals surface area contributed by atoms with Crippen LogP contribution in [-0.2, 0) is 9.59 Å². The van der Waals surface area contributed by atoms with Gasteiger partial charge in [-0.05, 0) is 29.5 Å². The van der Waals surface area contributed by atoms with Crippen molar-refractivity contribution in [2.75, 3.05) is 29.7 Å². The Morgan fingerprint density at radius 1 is 1.07 bits per heavy atom. The SMILES string of the molecule is CC1(C)CC(=O)C2=C(C1)NC(=O)C[C@@H]2c1ccc(N(CCCl)CCCl)cc1. The summed E-state index contributed by atoms with van der Waals surface area (Å²) in [7, 11) is 0. The third kappa shape index (κ3) is 4.49. The predicted molar refractivity (Wildman–Crippen MR) is 111 cm³/mol. The number of nitrogens with zero attached hydrogens (tertiary/aromatic N) is 1. The van der Waals surface area contributed by atoms with Crippen LogP contribution in [0.5, 0.6) is 0 Å². The Kier molecular flexibility index (Phi) is 6.17. The number of amides is 1. The fourth-order valence-electron chi connectivity index (χ4n) is 4.13. The van der Waals surface area contributed by atoms with Crippen LogP contribution in [0.2, 0.25) is 0 Å². The lowest BCUT2D eigenvalue weighted by Gasteiger charge is -2.38. The van der Waals surface area contributed by atoms with Gasteiger partial charge in [-0.3, -0.25) is 9.59 Å². The molecule has 1 atom stereocenters. The first kappa shape index (κ1) is 20.2. The average molecular weight is 409 g/mol. The summed E-state index contributed by atoms with van der Waals surface area (Å²) in [6.45, 7) is 5.59. The van der Waals surface area contributed by atoms with Crippen molar-refractivity contribution in [3.63, 3.8) is 0 Å². The maximum Gasteiger partial charge on any atom is 0.225 e. The first-order valence-corrected chi connectivity index (χ1v) is 10.4. The second-order valence-corrected chi connectivity index (χ2v) is 8.85. The van der Waals surface area contributed by atoms with Crippen LogP contribution in [0.25, 0.3) is 0 Å². The van der Waals surface area contributed by atoms with Gasteiger partial charge in [0.25, 0.3) is 0 Å². The summed E-state index contributed by atoms with van der Waals surface area (Å²) in [4.78, 5) is 27.2. The van der Waals surface area contributed by atoms with Crippen molar-refractivity contribution < 1.29 is 9.59 Å². The number of hydrogen-bond acceptors (Lipinski definition) is 3. The number of anilines is 1. The maximum absolute atomic E-state index is 12.8. The van der Waals surface area contributed by atoms with Gasteiger partial charge in [-0.15, -0.1) is 23.2 Å². The van der Waals surface area contributed by atoms with Crippen LogP contribution >= 0.6 is 23.2 Å². The number of benzene rings is 1. The average Bonchev–Trinajstić information content (AvgIpc) is 2.59. The summed E-state index contributed by atoms with van der Waals surface area (Å²) in [6.07, 6.45) is 1.57. The minimum atomic E-state index is -0.166. The Balaban J connectivity index is 1.91. The molecule has 0 saturated heterocycles. The molecule has 0 fully saturated rings. The van der Waals surface area contributed by atoms with Gasteiger partial charge in [-0.1, -0.05) is 26.0 Å². The number of nitrogens with one attached hydrogen (secondary N) is 1. The number of halogens is 2. The first-order valence-electron chi connectivity index (χ1n) is 9.37. The molecule has 1 aliphatic carbocycles. The van der Waals surface area contributed by atoms with Gasteiger partial charge in [-0.2, -0.15) is 0 Å². The molecule has 1 amide bonds. The molecule has 27 heavy (non-hydrogen) atoms. The molecular formula is C21H26Cl2N2O2. The number of allylic oxidation sites excluding steroid dienone is 2. The monoisotopic (exact) mass is 408 g/mol. The fourth-order valence-corrected chi connectivity index (χ4v) is 4.54. The number of carbonyl (C=O) groups excluding carboxylic acids is 2. The third-order valence-corrected chi connectivity index (χ3v) is 5.66. The number of hydrogen-bond donors (Lipinski definition) is 1. The summed E-state index contributed by atoms with van der Waals surface area (Å²) in [6, 6.07) is 8.09. The molecule has 0 bridgehead atoms. The quantitative estimate of drug-likeness (QED) is 0.716. The molecule has 0 unspecified atom stereocenters. The van der Waals surface area contributed by atoms with Crippen LogP contribution in [0.4, 0.5) is 5.69 Å². The highest BCUT2D eigenvalue weighted by Crippen LogP contribution is 2.44. The molecule has 3 rings (SSSR count). The topological polar surface area (TPSA) is 49.4 Å². The lowest BCUT2D eigenvalue weighted by atomic mass is 9.70. The second kappa shape index (κ2) is 8.24. The maximum atomic E-state index is 12.8. The molecule has 146 valence electrons. The van der Waals surface area contributed by atoms with Gasteiger partial charge >= 0.3 is 0 Å². The van der Waals surface area contributed by atoms with E-state index in [2.05, 4.69) is 24.1 Å². The van der Waals surface area contributed by atoms with Gasteiger partial charge in [0, 0.05) is 60.6 Å². The van der Waals surface area contributed by atoms with Gasteiger partial charge in [0.2, 0.25) is 5.91 Å². The zero-order chi connectivity index (χ0) is 19.6.